The Morgan fingerprint density at radius 2 is 0.641 bits per heavy atom. The third-order valence-electron chi connectivity index (χ3n) is 13.5. The van der Waals surface area contributed by atoms with Crippen LogP contribution < -0.4 is 0 Å². The molecule has 322 valence electrons. The first-order valence-corrected chi connectivity index (χ1v) is 27.5. The van der Waals surface area contributed by atoms with Crippen LogP contribution in [0.15, 0.2) is 84.9 Å². The van der Waals surface area contributed by atoms with Crippen LogP contribution in [0.2, 0.25) is 33.2 Å². The van der Waals surface area contributed by atoms with Gasteiger partial charge in [-0.15, -0.1) is 11.1 Å². The average Bonchev–Trinajstić information content (AvgIpc) is 4.11. The molecule has 7 rings (SSSR count). The first-order valence-electron chi connectivity index (χ1n) is 23.0. The van der Waals surface area contributed by atoms with Gasteiger partial charge in [0.05, 0.1) is 67.1 Å². The van der Waals surface area contributed by atoms with E-state index < -0.39 is 16.1 Å². The molecular weight excluding hydrogens is 809 g/mol. The Labute approximate surface area is 384 Å². The zero-order valence-electron chi connectivity index (χ0n) is 39.8. The highest BCUT2D eigenvalue weighted by atomic mass is 28.3. The molecule has 64 heavy (non-hydrogen) atoms. The Hall–Kier alpha value is -6.29. The van der Waals surface area contributed by atoms with Crippen molar-refractivity contribution in [3.63, 3.8) is 0 Å². The lowest BCUT2D eigenvalue weighted by Crippen LogP contribution is -2.43. The van der Waals surface area contributed by atoms with Crippen LogP contribution in [-0.4, -0.2) is 36.1 Å². The van der Waals surface area contributed by atoms with E-state index in [0.717, 1.165) is 78.2 Å². The lowest BCUT2D eigenvalue weighted by Gasteiger charge is -2.38. The monoisotopic (exact) mass is 870 g/mol. The van der Waals surface area contributed by atoms with Gasteiger partial charge in [0, 0.05) is 11.1 Å². The summed E-state index contributed by atoms with van der Waals surface area (Å²) in [6, 6.07) is 28.6. The third kappa shape index (κ3) is 9.06. The first kappa shape index (κ1) is 45.7. The molecule has 0 saturated heterocycles. The van der Waals surface area contributed by atoms with Gasteiger partial charge in [0.25, 0.3) is 0 Å². The number of nitrogens with one attached hydrogen (secondary N) is 2. The second kappa shape index (κ2) is 19.2. The van der Waals surface area contributed by atoms with Gasteiger partial charge in [0.1, 0.15) is 16.1 Å². The second-order valence-electron chi connectivity index (χ2n) is 19.0. The van der Waals surface area contributed by atoms with Crippen molar-refractivity contribution in [3.8, 4) is 46.6 Å². The van der Waals surface area contributed by atoms with Crippen molar-refractivity contribution in [1.82, 2.24) is 19.9 Å². The number of hydrogen-bond donors (Lipinski definition) is 2. The zero-order chi connectivity index (χ0) is 45.8. The van der Waals surface area contributed by atoms with Crippen molar-refractivity contribution < 1.29 is 0 Å². The standard InChI is InChI=1S/C58H62N4Si2/c1-39(2)63(40(3)4,41(5)6)37-35-49-55-31-29-53(60-55)47(25-23-45-19-15-13-16-20-45)51-27-28-52(59-51)48(26-24-46-21-17-14-18-22-46)54-30-32-56(61-54)50(58-34-33-57(49)62-58)36-38-64(42(7)8,43(9)10)44(11)12/h13-22,27-34,39-44,59-60H,1-12H3. The summed E-state index contributed by atoms with van der Waals surface area (Å²) in [5, 5.41) is 0. The molecule has 0 radical (unpaired) electrons. The molecule has 6 heteroatoms. The van der Waals surface area contributed by atoms with E-state index >= 15 is 0 Å². The van der Waals surface area contributed by atoms with Crippen molar-refractivity contribution >= 4 is 62.5 Å². The number of nitrogens with zero attached hydrogens (tertiary/aromatic N) is 2. The predicted octanol–water partition coefficient (Wildman–Crippen LogP) is 14.6. The average molecular weight is 871 g/mol. The Morgan fingerprint density at radius 3 is 1.00 bits per heavy atom. The molecule has 0 aliphatic carbocycles. The summed E-state index contributed by atoms with van der Waals surface area (Å²) in [5.41, 5.74) is 22.7. The van der Waals surface area contributed by atoms with Gasteiger partial charge < -0.3 is 9.97 Å². The summed E-state index contributed by atoms with van der Waals surface area (Å²) in [5.74, 6) is 21.6. The maximum Gasteiger partial charge on any atom is 0.146 e. The molecule has 0 atom stereocenters. The molecule has 0 fully saturated rings. The van der Waals surface area contributed by atoms with Gasteiger partial charge in [0.15, 0.2) is 0 Å². The Bertz CT molecular complexity index is 2990. The highest BCUT2D eigenvalue weighted by Gasteiger charge is 2.43. The van der Waals surface area contributed by atoms with E-state index in [2.05, 4.69) is 188 Å². The van der Waals surface area contributed by atoms with E-state index in [4.69, 9.17) is 9.97 Å². The van der Waals surface area contributed by atoms with E-state index in [0.29, 0.717) is 33.2 Å². The SMILES string of the molecule is CC(C)[Si](C#Cc1c2nc(c(C#Cc3ccccc3)c3ccc([nH]3)c(C#Cc3ccccc3)c3ccc([nH]3)c(C#C[Si](C(C)C)(C(C)C)C(C)C)c3nc1C=C3)C=C2)(C(C)C)C(C)C. The number of fused-ring (bicyclic) bond motifs is 8. The quantitative estimate of drug-likeness (QED) is 0.129. The fourth-order valence-corrected chi connectivity index (χ4v) is 20.7. The molecule has 2 aliphatic rings. The van der Waals surface area contributed by atoms with Gasteiger partial charge in [-0.2, -0.15) is 0 Å². The number of rotatable bonds is 6. The van der Waals surface area contributed by atoms with Crippen LogP contribution in [-0.2, 0) is 0 Å². The van der Waals surface area contributed by atoms with Crippen LogP contribution in [0.4, 0.5) is 0 Å². The van der Waals surface area contributed by atoms with Gasteiger partial charge in [-0.05, 0) is 106 Å². The molecule has 3 aromatic heterocycles. The Morgan fingerprint density at radius 1 is 0.344 bits per heavy atom. The van der Waals surface area contributed by atoms with E-state index in [-0.39, 0.29) is 0 Å². The van der Waals surface area contributed by atoms with Crippen LogP contribution in [0.5, 0.6) is 0 Å². The van der Waals surface area contributed by atoms with Gasteiger partial charge in [-0.25, -0.2) is 9.97 Å². The smallest absolute Gasteiger partial charge is 0.146 e. The number of aromatic nitrogens is 4. The molecule has 5 heterocycles. The van der Waals surface area contributed by atoms with Crippen LogP contribution in [0.25, 0.3) is 46.4 Å². The lowest BCUT2D eigenvalue weighted by atomic mass is 10.1. The summed E-state index contributed by atoms with van der Waals surface area (Å²) >= 11 is 0. The van der Waals surface area contributed by atoms with E-state index in [1.54, 1.807) is 0 Å². The minimum absolute atomic E-state index is 0.470. The van der Waals surface area contributed by atoms with Crippen molar-refractivity contribution in [2.75, 3.05) is 0 Å². The maximum atomic E-state index is 5.46. The first-order chi connectivity index (χ1) is 30.6. The molecule has 0 unspecified atom stereocenters. The van der Waals surface area contributed by atoms with Gasteiger partial charge >= 0.3 is 0 Å². The topological polar surface area (TPSA) is 57.4 Å². The molecule has 2 N–H and O–H groups in total. The normalized spacial score (nSPS) is 12.3. The molecule has 5 aromatic rings. The number of H-pyrrole nitrogens is 2. The van der Waals surface area contributed by atoms with Crippen molar-refractivity contribution in [2.24, 2.45) is 0 Å². The highest BCUT2D eigenvalue weighted by Crippen LogP contribution is 2.42. The molecule has 2 aliphatic heterocycles. The molecule has 0 amide bonds. The predicted molar refractivity (Wildman–Crippen MR) is 280 cm³/mol. The van der Waals surface area contributed by atoms with Gasteiger partial charge in [0.2, 0.25) is 0 Å². The third-order valence-corrected chi connectivity index (χ3v) is 26.1. The van der Waals surface area contributed by atoms with E-state index in [1.165, 1.54) is 0 Å². The largest absolute Gasteiger partial charge is 0.353 e. The highest BCUT2D eigenvalue weighted by molar-refractivity contribution is 6.91. The van der Waals surface area contributed by atoms with Crippen LogP contribution in [0.1, 0.15) is 139 Å². The Balaban J connectivity index is 1.66. The fraction of sp³-hybridized carbons (Fsp3) is 0.310. The summed E-state index contributed by atoms with van der Waals surface area (Å²) in [4.78, 5) is 18.4. The van der Waals surface area contributed by atoms with Crippen LogP contribution >= 0.6 is 0 Å². The van der Waals surface area contributed by atoms with Gasteiger partial charge in [-0.3, -0.25) is 0 Å². The molecule has 0 spiro atoms. The lowest BCUT2D eigenvalue weighted by molar-refractivity contribution is 0.838. The summed E-state index contributed by atoms with van der Waals surface area (Å²) in [6.45, 7) is 28.3. The molecule has 8 bridgehead atoms. The van der Waals surface area contributed by atoms with Gasteiger partial charge in [-0.1, -0.05) is 155 Å². The Kier molecular flexibility index (Phi) is 13.7. The zero-order valence-corrected chi connectivity index (χ0v) is 41.8. The second-order valence-corrected chi connectivity index (χ2v) is 30.2. The van der Waals surface area contributed by atoms with Crippen LogP contribution in [0, 0.1) is 46.6 Å². The number of hydrogen-bond acceptors (Lipinski definition) is 2. The molecule has 2 aromatic carbocycles. The minimum atomic E-state index is -2.14. The fourth-order valence-electron chi connectivity index (χ4n) is 10.3. The molecule has 4 nitrogen and oxygen atoms in total. The summed E-state index contributed by atoms with van der Waals surface area (Å²) < 4.78 is 0. The number of benzene rings is 2. The molecule has 0 saturated carbocycles. The minimum Gasteiger partial charge on any atom is -0.353 e. The maximum absolute atomic E-state index is 5.46. The van der Waals surface area contributed by atoms with Crippen molar-refractivity contribution in [3.05, 3.63) is 141 Å². The summed E-state index contributed by atoms with van der Waals surface area (Å²) in [7, 11) is -4.26. The molecular formula is C58H62N4Si2. The van der Waals surface area contributed by atoms with Crippen molar-refractivity contribution in [2.45, 2.75) is 116 Å². The van der Waals surface area contributed by atoms with E-state index in [9.17, 15) is 0 Å². The van der Waals surface area contributed by atoms with E-state index in [1.807, 2.05) is 60.7 Å². The van der Waals surface area contributed by atoms with Crippen LogP contribution in [0.3, 0.4) is 0 Å². The van der Waals surface area contributed by atoms with Crippen molar-refractivity contribution in [1.29, 1.82) is 0 Å². The number of aromatic amines is 2. The summed E-state index contributed by atoms with van der Waals surface area (Å²) in [6.07, 6.45) is 8.38.